The first-order valence-electron chi connectivity index (χ1n) is 6.05. The monoisotopic (exact) mass is 300 g/mol. The quantitative estimate of drug-likeness (QED) is 0.561. The summed E-state index contributed by atoms with van der Waals surface area (Å²) >= 11 is 1.53. The van der Waals surface area contributed by atoms with E-state index in [-0.39, 0.29) is 6.54 Å². The maximum absolute atomic E-state index is 11.8. The molecule has 0 aliphatic heterocycles. The van der Waals surface area contributed by atoms with Crippen LogP contribution in [0.15, 0.2) is 45.7 Å². The first-order valence-corrected chi connectivity index (χ1v) is 6.93. The van der Waals surface area contributed by atoms with Gasteiger partial charge >= 0.3 is 5.76 Å². The van der Waals surface area contributed by atoms with Gasteiger partial charge in [0, 0.05) is 30.2 Å². The summed E-state index contributed by atoms with van der Waals surface area (Å²) < 4.78 is 8.02. The lowest BCUT2D eigenvalue weighted by molar-refractivity contribution is 0.378. The normalized spacial score (nSPS) is 11.2. The molecule has 21 heavy (non-hydrogen) atoms. The zero-order valence-electron chi connectivity index (χ0n) is 10.6. The molecule has 0 radical (unpaired) electrons. The number of thiazole rings is 1. The van der Waals surface area contributed by atoms with Gasteiger partial charge in [0.1, 0.15) is 5.69 Å². The standard InChI is InChI=1S/C12H8N6O2S/c19-12-18(7-8-6-17-3-4-21-11(17)15-8)10(16-20-12)9-5-13-1-2-14-9/h1-6H,7H2. The van der Waals surface area contributed by atoms with E-state index in [1.54, 1.807) is 6.20 Å². The minimum atomic E-state index is -0.549. The fourth-order valence-electron chi connectivity index (χ4n) is 2.02. The van der Waals surface area contributed by atoms with Gasteiger partial charge in [-0.2, -0.15) is 0 Å². The van der Waals surface area contributed by atoms with Crippen molar-refractivity contribution in [1.82, 2.24) is 29.1 Å². The molecule has 4 rings (SSSR count). The SMILES string of the molecule is O=c1onc(-c2cnccn2)n1Cc1cn2ccsc2n1. The highest BCUT2D eigenvalue weighted by molar-refractivity contribution is 7.15. The number of hydrogen-bond donors (Lipinski definition) is 0. The molecule has 0 aliphatic rings. The van der Waals surface area contributed by atoms with Crippen molar-refractivity contribution >= 4 is 16.3 Å². The number of nitrogens with zero attached hydrogens (tertiary/aromatic N) is 6. The van der Waals surface area contributed by atoms with E-state index in [1.807, 2.05) is 22.2 Å². The summed E-state index contributed by atoms with van der Waals surface area (Å²) in [6.07, 6.45) is 8.39. The maximum Gasteiger partial charge on any atom is 0.442 e. The Kier molecular flexibility index (Phi) is 2.64. The van der Waals surface area contributed by atoms with Crippen molar-refractivity contribution < 1.29 is 4.52 Å². The molecule has 0 N–H and O–H groups in total. The van der Waals surface area contributed by atoms with Gasteiger partial charge in [0.05, 0.1) is 18.4 Å². The van der Waals surface area contributed by atoms with Crippen LogP contribution >= 0.6 is 11.3 Å². The Bertz CT molecular complexity index is 922. The summed E-state index contributed by atoms with van der Waals surface area (Å²) in [5, 5.41) is 5.71. The Labute approximate surface area is 121 Å². The third-order valence-electron chi connectivity index (χ3n) is 2.94. The summed E-state index contributed by atoms with van der Waals surface area (Å²) in [4.78, 5) is 25.2. The predicted molar refractivity (Wildman–Crippen MR) is 74.0 cm³/mol. The van der Waals surface area contributed by atoms with Crippen LogP contribution in [0.3, 0.4) is 0 Å². The van der Waals surface area contributed by atoms with E-state index in [9.17, 15) is 4.79 Å². The van der Waals surface area contributed by atoms with Crippen LogP contribution in [0.2, 0.25) is 0 Å². The zero-order valence-corrected chi connectivity index (χ0v) is 11.4. The van der Waals surface area contributed by atoms with Crippen LogP contribution in [-0.2, 0) is 6.54 Å². The molecule has 0 saturated carbocycles. The molecule has 104 valence electrons. The minimum absolute atomic E-state index is 0.267. The highest BCUT2D eigenvalue weighted by atomic mass is 32.1. The maximum atomic E-state index is 11.8. The molecule has 0 atom stereocenters. The molecule has 0 spiro atoms. The number of hydrogen-bond acceptors (Lipinski definition) is 7. The molecule has 0 amide bonds. The smallest absolute Gasteiger partial charge is 0.297 e. The Morgan fingerprint density at radius 3 is 3.10 bits per heavy atom. The number of imidazole rings is 1. The van der Waals surface area contributed by atoms with Crippen molar-refractivity contribution in [3.8, 4) is 11.5 Å². The predicted octanol–water partition coefficient (Wildman–Crippen LogP) is 1.05. The summed E-state index contributed by atoms with van der Waals surface area (Å²) in [6, 6.07) is 0. The highest BCUT2D eigenvalue weighted by Crippen LogP contribution is 2.15. The van der Waals surface area contributed by atoms with Crippen LogP contribution in [0.5, 0.6) is 0 Å². The van der Waals surface area contributed by atoms with Gasteiger partial charge in [-0.3, -0.25) is 13.9 Å². The first kappa shape index (κ1) is 12.0. The van der Waals surface area contributed by atoms with E-state index in [0.717, 1.165) is 10.7 Å². The Balaban J connectivity index is 1.77. The van der Waals surface area contributed by atoms with Crippen molar-refractivity contribution in [2.75, 3.05) is 0 Å². The van der Waals surface area contributed by atoms with Crippen molar-refractivity contribution in [3.05, 3.63) is 52.6 Å². The van der Waals surface area contributed by atoms with Gasteiger partial charge in [0.2, 0.25) is 5.82 Å². The van der Waals surface area contributed by atoms with Crippen molar-refractivity contribution in [2.45, 2.75) is 6.54 Å². The molecule has 4 aromatic heterocycles. The van der Waals surface area contributed by atoms with E-state index in [1.165, 1.54) is 28.3 Å². The summed E-state index contributed by atoms with van der Waals surface area (Å²) in [5.41, 5.74) is 1.22. The van der Waals surface area contributed by atoms with Crippen molar-refractivity contribution in [2.24, 2.45) is 0 Å². The molecule has 4 aromatic rings. The molecular weight excluding hydrogens is 292 g/mol. The fourth-order valence-corrected chi connectivity index (χ4v) is 2.74. The number of rotatable bonds is 3. The van der Waals surface area contributed by atoms with E-state index in [0.29, 0.717) is 11.5 Å². The van der Waals surface area contributed by atoms with Crippen LogP contribution in [0.1, 0.15) is 5.69 Å². The lowest BCUT2D eigenvalue weighted by atomic mass is 10.4. The fraction of sp³-hybridized carbons (Fsp3) is 0.0833. The second kappa shape index (κ2) is 4.63. The molecule has 0 bridgehead atoms. The average Bonchev–Trinajstić information content (AvgIpc) is 3.16. The average molecular weight is 300 g/mol. The second-order valence-electron chi connectivity index (χ2n) is 4.27. The van der Waals surface area contributed by atoms with E-state index in [2.05, 4.69) is 20.1 Å². The first-order chi connectivity index (χ1) is 10.3. The lowest BCUT2D eigenvalue weighted by Gasteiger charge is -2.00. The number of aromatic nitrogens is 6. The molecule has 0 fully saturated rings. The van der Waals surface area contributed by atoms with Gasteiger partial charge in [-0.15, -0.1) is 11.3 Å². The Morgan fingerprint density at radius 1 is 1.33 bits per heavy atom. The second-order valence-corrected chi connectivity index (χ2v) is 5.15. The molecule has 0 aromatic carbocycles. The third-order valence-corrected chi connectivity index (χ3v) is 3.71. The van der Waals surface area contributed by atoms with Crippen LogP contribution < -0.4 is 5.76 Å². The molecule has 0 aliphatic carbocycles. The van der Waals surface area contributed by atoms with E-state index in [4.69, 9.17) is 4.52 Å². The molecule has 8 nitrogen and oxygen atoms in total. The van der Waals surface area contributed by atoms with Crippen molar-refractivity contribution in [1.29, 1.82) is 0 Å². The minimum Gasteiger partial charge on any atom is -0.297 e. The van der Waals surface area contributed by atoms with Gasteiger partial charge in [0.15, 0.2) is 4.96 Å². The zero-order chi connectivity index (χ0) is 14.2. The van der Waals surface area contributed by atoms with Crippen LogP contribution in [0.4, 0.5) is 0 Å². The van der Waals surface area contributed by atoms with Gasteiger partial charge in [-0.05, 0) is 0 Å². The number of fused-ring (bicyclic) bond motifs is 1. The molecular formula is C12H8N6O2S. The van der Waals surface area contributed by atoms with Gasteiger partial charge in [-0.25, -0.2) is 19.3 Å². The van der Waals surface area contributed by atoms with Gasteiger partial charge in [-0.1, -0.05) is 5.16 Å². The highest BCUT2D eigenvalue weighted by Gasteiger charge is 2.15. The lowest BCUT2D eigenvalue weighted by Crippen LogP contribution is -2.16. The Hall–Kier alpha value is -2.81. The van der Waals surface area contributed by atoms with Gasteiger partial charge in [0.25, 0.3) is 0 Å². The summed E-state index contributed by atoms with van der Waals surface area (Å²) in [5.74, 6) is -0.212. The van der Waals surface area contributed by atoms with Gasteiger partial charge < -0.3 is 0 Å². The summed E-state index contributed by atoms with van der Waals surface area (Å²) in [6.45, 7) is 0.267. The van der Waals surface area contributed by atoms with Crippen LogP contribution in [-0.4, -0.2) is 29.1 Å². The molecule has 9 heteroatoms. The van der Waals surface area contributed by atoms with Crippen LogP contribution in [0, 0.1) is 0 Å². The topological polar surface area (TPSA) is 91.1 Å². The third kappa shape index (κ3) is 2.03. The molecule has 0 unspecified atom stereocenters. The van der Waals surface area contributed by atoms with Crippen molar-refractivity contribution in [3.63, 3.8) is 0 Å². The van der Waals surface area contributed by atoms with Crippen LogP contribution in [0.25, 0.3) is 16.5 Å². The summed E-state index contributed by atoms with van der Waals surface area (Å²) in [7, 11) is 0. The Morgan fingerprint density at radius 2 is 2.29 bits per heavy atom. The largest absolute Gasteiger partial charge is 0.442 e. The van der Waals surface area contributed by atoms with E-state index < -0.39 is 5.76 Å². The van der Waals surface area contributed by atoms with E-state index >= 15 is 0 Å². The molecule has 4 heterocycles. The molecule has 0 saturated heterocycles.